The Kier molecular flexibility index (Phi) is 6.93. The number of carbonyl (C=O) groups is 4. The first-order valence-corrected chi connectivity index (χ1v) is 13.2. The molecule has 3 aliphatic rings. The molecule has 0 spiro atoms. The van der Waals surface area contributed by atoms with E-state index in [1.165, 1.54) is 31.0 Å². The number of methoxy groups -OCH3 is 1. The number of amides is 2. The van der Waals surface area contributed by atoms with Gasteiger partial charge in [-0.05, 0) is 48.7 Å². The Balaban J connectivity index is 1.41. The Hall–Kier alpha value is -3.41. The largest absolute Gasteiger partial charge is 0.511 e. The molecular weight excluding hydrogens is 552 g/mol. The highest BCUT2D eigenvalue weighted by Crippen LogP contribution is 2.53. The summed E-state index contributed by atoms with van der Waals surface area (Å²) >= 11 is 11.8. The molecule has 3 atom stereocenters. The van der Waals surface area contributed by atoms with Gasteiger partial charge in [-0.2, -0.15) is 0 Å². The summed E-state index contributed by atoms with van der Waals surface area (Å²) in [6.07, 6.45) is 0.216. The van der Waals surface area contributed by atoms with Crippen LogP contribution in [0.2, 0.25) is 5.02 Å². The summed E-state index contributed by atoms with van der Waals surface area (Å²) in [5.41, 5.74) is 4.25. The summed E-state index contributed by atoms with van der Waals surface area (Å²) in [7, 11) is 1.41. The van der Waals surface area contributed by atoms with Crippen molar-refractivity contribution in [2.75, 3.05) is 7.11 Å². The van der Waals surface area contributed by atoms with Crippen molar-refractivity contribution in [1.82, 2.24) is 10.9 Å². The molecule has 2 amide bonds. The standard InChI is InChI=1S/C26H21ClN2O7S2/c1-36-15-7-6-13(27)24-19(15)23(33)20-16(38-24)9-11-8-14(30)18(21(31)17(11)22(20)32)26(35)29-28-25(34)10-2-4-12(37)5-3-10/h2-7,11,16-17,30,32,37H,8-9H2,1H3,(H,28,34)(H,29,35). The van der Waals surface area contributed by atoms with E-state index >= 15 is 0 Å². The van der Waals surface area contributed by atoms with Crippen LogP contribution in [0.3, 0.4) is 0 Å². The zero-order chi connectivity index (χ0) is 27.3. The molecule has 12 heteroatoms. The number of carbonyl (C=O) groups excluding carboxylic acids is 4. The van der Waals surface area contributed by atoms with Gasteiger partial charge in [0.25, 0.3) is 11.8 Å². The molecule has 1 aliphatic heterocycles. The van der Waals surface area contributed by atoms with E-state index in [9.17, 15) is 29.4 Å². The minimum Gasteiger partial charge on any atom is -0.511 e. The number of hydrogen-bond donors (Lipinski definition) is 5. The third kappa shape index (κ3) is 4.34. The van der Waals surface area contributed by atoms with E-state index in [4.69, 9.17) is 16.3 Å². The second-order valence-electron chi connectivity index (χ2n) is 9.01. The van der Waals surface area contributed by atoms with Crippen LogP contribution >= 0.6 is 36.0 Å². The van der Waals surface area contributed by atoms with E-state index in [-0.39, 0.29) is 35.3 Å². The molecule has 0 saturated heterocycles. The average Bonchev–Trinajstić information content (AvgIpc) is 2.88. The summed E-state index contributed by atoms with van der Waals surface area (Å²) in [4.78, 5) is 53.3. The number of hydrazine groups is 1. The number of halogens is 1. The van der Waals surface area contributed by atoms with Crippen molar-refractivity contribution in [3.63, 3.8) is 0 Å². The molecule has 38 heavy (non-hydrogen) atoms. The number of ketones is 2. The van der Waals surface area contributed by atoms with E-state index < -0.39 is 57.6 Å². The van der Waals surface area contributed by atoms with E-state index in [1.54, 1.807) is 24.3 Å². The van der Waals surface area contributed by atoms with Crippen molar-refractivity contribution in [2.45, 2.75) is 27.9 Å². The van der Waals surface area contributed by atoms with Gasteiger partial charge in [0.05, 0.1) is 29.2 Å². The second kappa shape index (κ2) is 10.0. The molecule has 1 heterocycles. The lowest BCUT2D eigenvalue weighted by Crippen LogP contribution is -2.48. The minimum absolute atomic E-state index is 0.0553. The number of aliphatic hydroxyl groups excluding tert-OH is 2. The molecule has 0 saturated carbocycles. The summed E-state index contributed by atoms with van der Waals surface area (Å²) in [6, 6.07) is 9.37. The Labute approximate surface area is 231 Å². The van der Waals surface area contributed by atoms with E-state index in [0.717, 1.165) is 0 Å². The topological polar surface area (TPSA) is 142 Å². The predicted molar refractivity (Wildman–Crippen MR) is 142 cm³/mol. The third-order valence-electron chi connectivity index (χ3n) is 6.82. The number of fused-ring (bicyclic) bond motifs is 3. The van der Waals surface area contributed by atoms with Gasteiger partial charge >= 0.3 is 0 Å². The first-order valence-electron chi connectivity index (χ1n) is 11.5. The Morgan fingerprint density at radius 1 is 1.08 bits per heavy atom. The van der Waals surface area contributed by atoms with Gasteiger partial charge in [-0.15, -0.1) is 24.4 Å². The molecule has 9 nitrogen and oxygen atoms in total. The fourth-order valence-electron chi connectivity index (χ4n) is 5.06. The minimum atomic E-state index is -1.20. The fourth-order valence-corrected chi connectivity index (χ4v) is 6.97. The van der Waals surface area contributed by atoms with Crippen LogP contribution in [0.5, 0.6) is 5.75 Å². The summed E-state index contributed by atoms with van der Waals surface area (Å²) in [5.74, 6) is -5.37. The van der Waals surface area contributed by atoms with E-state index in [2.05, 4.69) is 23.5 Å². The highest BCUT2D eigenvalue weighted by Gasteiger charge is 2.51. The van der Waals surface area contributed by atoms with Crippen LogP contribution in [0.1, 0.15) is 33.6 Å². The SMILES string of the molecule is COc1ccc(Cl)c2c1C(=O)C1=C(O)C3C(=O)C(C(=O)NNC(=O)c4ccc(S)cc4)=C(O)CC3CC1S2. The van der Waals surface area contributed by atoms with Crippen molar-refractivity contribution in [3.05, 3.63) is 75.2 Å². The van der Waals surface area contributed by atoms with Crippen molar-refractivity contribution in [3.8, 4) is 5.75 Å². The number of ether oxygens (including phenoxy) is 1. The van der Waals surface area contributed by atoms with Crippen molar-refractivity contribution in [2.24, 2.45) is 11.8 Å². The molecule has 5 rings (SSSR count). The Morgan fingerprint density at radius 3 is 2.45 bits per heavy atom. The van der Waals surface area contributed by atoms with Crippen LogP contribution in [-0.4, -0.2) is 46.0 Å². The van der Waals surface area contributed by atoms with Crippen LogP contribution in [-0.2, 0) is 9.59 Å². The van der Waals surface area contributed by atoms with Gasteiger partial charge in [0.1, 0.15) is 22.8 Å². The number of rotatable bonds is 3. The molecule has 2 aliphatic carbocycles. The number of nitrogens with one attached hydrogen (secondary N) is 2. The molecule has 196 valence electrons. The molecular formula is C26H21ClN2O7S2. The molecule has 2 aromatic carbocycles. The molecule has 0 aromatic heterocycles. The number of Topliss-reactive ketones (excluding diaryl/α,β-unsaturated/α-hetero) is 2. The van der Waals surface area contributed by atoms with Crippen molar-refractivity contribution >= 4 is 59.4 Å². The maximum atomic E-state index is 13.5. The number of allylic oxidation sites excluding steroid dienone is 2. The summed E-state index contributed by atoms with van der Waals surface area (Å²) in [5, 5.41) is 21.7. The van der Waals surface area contributed by atoms with Crippen LogP contribution < -0.4 is 15.6 Å². The zero-order valence-corrected chi connectivity index (χ0v) is 22.2. The van der Waals surface area contributed by atoms with Crippen LogP contribution in [0.25, 0.3) is 0 Å². The number of hydrogen-bond acceptors (Lipinski definition) is 9. The summed E-state index contributed by atoms with van der Waals surface area (Å²) in [6.45, 7) is 0. The highest BCUT2D eigenvalue weighted by molar-refractivity contribution is 8.00. The lowest BCUT2D eigenvalue weighted by Gasteiger charge is -2.40. The molecule has 0 bridgehead atoms. The van der Waals surface area contributed by atoms with Gasteiger partial charge < -0.3 is 14.9 Å². The average molecular weight is 573 g/mol. The fraction of sp³-hybridized carbons (Fsp3) is 0.231. The molecule has 4 N–H and O–H groups in total. The van der Waals surface area contributed by atoms with Crippen LogP contribution in [0, 0.1) is 11.8 Å². The Morgan fingerprint density at radius 2 is 1.76 bits per heavy atom. The van der Waals surface area contributed by atoms with Gasteiger partial charge in [0.2, 0.25) is 0 Å². The van der Waals surface area contributed by atoms with Crippen molar-refractivity contribution in [1.29, 1.82) is 0 Å². The first kappa shape index (κ1) is 26.2. The second-order valence-corrected chi connectivity index (χ2v) is 11.1. The highest BCUT2D eigenvalue weighted by atomic mass is 35.5. The number of aliphatic hydroxyl groups is 2. The smallest absolute Gasteiger partial charge is 0.276 e. The van der Waals surface area contributed by atoms with Gasteiger partial charge in [-0.1, -0.05) is 11.6 Å². The van der Waals surface area contributed by atoms with Crippen molar-refractivity contribution < 1.29 is 34.1 Å². The summed E-state index contributed by atoms with van der Waals surface area (Å²) < 4.78 is 5.33. The quantitative estimate of drug-likeness (QED) is 0.211. The molecule has 3 unspecified atom stereocenters. The first-order chi connectivity index (χ1) is 18.1. The molecule has 0 fully saturated rings. The number of thioether (sulfide) groups is 1. The van der Waals surface area contributed by atoms with Crippen LogP contribution in [0.4, 0.5) is 0 Å². The number of benzene rings is 2. The van der Waals surface area contributed by atoms with Gasteiger partial charge in [-0.25, -0.2) is 0 Å². The Bertz CT molecular complexity index is 1470. The van der Waals surface area contributed by atoms with Gasteiger partial charge in [-0.3, -0.25) is 30.0 Å². The lowest BCUT2D eigenvalue weighted by atomic mass is 9.68. The third-order valence-corrected chi connectivity index (χ3v) is 8.92. The van der Waals surface area contributed by atoms with Gasteiger partial charge in [0, 0.05) is 27.0 Å². The lowest BCUT2D eigenvalue weighted by molar-refractivity contribution is -0.127. The van der Waals surface area contributed by atoms with Gasteiger partial charge in [0.15, 0.2) is 11.6 Å². The van der Waals surface area contributed by atoms with E-state index in [1.807, 2.05) is 0 Å². The maximum Gasteiger partial charge on any atom is 0.276 e. The maximum absolute atomic E-state index is 13.5. The zero-order valence-electron chi connectivity index (χ0n) is 19.8. The monoisotopic (exact) mass is 572 g/mol. The predicted octanol–water partition coefficient (Wildman–Crippen LogP) is 3.99. The molecule has 0 radical (unpaired) electrons. The van der Waals surface area contributed by atoms with Crippen LogP contribution in [0.15, 0.2) is 68.9 Å². The normalized spacial score (nSPS) is 22.3. The molecule has 2 aromatic rings. The van der Waals surface area contributed by atoms with E-state index in [0.29, 0.717) is 14.8 Å². The number of thiol groups is 1.